The molecule has 8 heteroatoms. The van der Waals surface area contributed by atoms with Crippen molar-refractivity contribution in [3.8, 4) is 0 Å². The fourth-order valence-electron chi connectivity index (χ4n) is 1.86. The van der Waals surface area contributed by atoms with Gasteiger partial charge in [-0.3, -0.25) is 4.48 Å². The van der Waals surface area contributed by atoms with Crippen molar-refractivity contribution in [2.75, 3.05) is 40.3 Å². The van der Waals surface area contributed by atoms with E-state index in [1.807, 2.05) is 6.92 Å². The Kier molecular flexibility index (Phi) is 7.73. The summed E-state index contributed by atoms with van der Waals surface area (Å²) < 4.78 is 50.7. The largest absolute Gasteiger partial charge is 0.673 e. The molecule has 0 aromatic carbocycles. The van der Waals surface area contributed by atoms with Crippen LogP contribution in [0.15, 0.2) is 0 Å². The monoisotopic (exact) mass is 261 g/mol. The van der Waals surface area contributed by atoms with Gasteiger partial charge in [0.15, 0.2) is 13.5 Å². The van der Waals surface area contributed by atoms with E-state index < -0.39 is 7.25 Å². The molecule has 1 saturated heterocycles. The molecule has 3 nitrogen and oxygen atoms in total. The molecule has 1 aliphatic heterocycles. The molecule has 0 bridgehead atoms. The second-order valence-electron chi connectivity index (χ2n) is 4.03. The van der Waals surface area contributed by atoms with Crippen molar-refractivity contribution < 1.29 is 31.2 Å². The minimum Gasteiger partial charge on any atom is -0.418 e. The fourth-order valence-corrected chi connectivity index (χ4v) is 1.86. The van der Waals surface area contributed by atoms with E-state index in [4.69, 9.17) is 9.47 Å². The van der Waals surface area contributed by atoms with Gasteiger partial charge in [0.05, 0.1) is 13.1 Å². The first-order chi connectivity index (χ1) is 7.83. The molecule has 17 heavy (non-hydrogen) atoms. The summed E-state index contributed by atoms with van der Waals surface area (Å²) in [5, 5.41) is 0. The lowest BCUT2D eigenvalue weighted by atomic mass is 10.3. The number of halogens is 4. The lowest BCUT2D eigenvalue weighted by Crippen LogP contribution is -2.48. The first-order valence-corrected chi connectivity index (χ1v) is 5.62. The second kappa shape index (κ2) is 7.89. The van der Waals surface area contributed by atoms with Gasteiger partial charge in [-0.2, -0.15) is 0 Å². The summed E-state index contributed by atoms with van der Waals surface area (Å²) in [5.41, 5.74) is 0. The van der Waals surface area contributed by atoms with Crippen molar-refractivity contribution >= 4 is 7.25 Å². The van der Waals surface area contributed by atoms with E-state index in [-0.39, 0.29) is 0 Å². The van der Waals surface area contributed by atoms with E-state index in [0.717, 1.165) is 24.6 Å². The zero-order valence-electron chi connectivity index (χ0n) is 10.3. The summed E-state index contributed by atoms with van der Waals surface area (Å²) in [7, 11) is -4.23. The predicted molar refractivity (Wildman–Crippen MR) is 57.8 cm³/mol. The van der Waals surface area contributed by atoms with Gasteiger partial charge in [0.25, 0.3) is 0 Å². The third kappa shape index (κ3) is 9.37. The van der Waals surface area contributed by atoms with E-state index in [1.54, 1.807) is 7.11 Å². The predicted octanol–water partition coefficient (Wildman–Crippen LogP) is 2.49. The zero-order valence-corrected chi connectivity index (χ0v) is 10.3. The number of hydrogen-bond acceptors (Lipinski definition) is 2. The van der Waals surface area contributed by atoms with Gasteiger partial charge in [-0.05, 0) is 6.92 Å². The molecule has 1 fully saturated rings. The van der Waals surface area contributed by atoms with E-state index in [1.165, 1.54) is 25.9 Å². The number of likely N-dealkylation sites (tertiary alicyclic amines) is 1. The molecule has 0 atom stereocenters. The van der Waals surface area contributed by atoms with Crippen LogP contribution in [-0.4, -0.2) is 52.0 Å². The molecule has 0 spiro atoms. The van der Waals surface area contributed by atoms with Gasteiger partial charge in [-0.25, -0.2) is 0 Å². The Morgan fingerprint density at radius 1 is 1.06 bits per heavy atom. The summed E-state index contributed by atoms with van der Waals surface area (Å²) in [5.74, 6) is 0. The van der Waals surface area contributed by atoms with Crippen molar-refractivity contribution in [3.63, 3.8) is 0 Å². The molecule has 0 saturated carbocycles. The maximum atomic E-state index is 9.75. The highest BCUT2D eigenvalue weighted by Gasteiger charge is 2.31. The van der Waals surface area contributed by atoms with Gasteiger partial charge >= 0.3 is 7.25 Å². The molecular formula is C9H20BF4NO2. The van der Waals surface area contributed by atoms with Crippen molar-refractivity contribution in [1.29, 1.82) is 0 Å². The molecule has 0 unspecified atom stereocenters. The molecule has 0 amide bonds. The van der Waals surface area contributed by atoms with Gasteiger partial charge in [0.2, 0.25) is 0 Å². The average Bonchev–Trinajstić information content (AvgIpc) is 2.62. The maximum absolute atomic E-state index is 9.75. The summed E-state index contributed by atoms with van der Waals surface area (Å²) in [4.78, 5) is 0. The average molecular weight is 261 g/mol. The first kappa shape index (κ1) is 16.7. The highest BCUT2D eigenvalue weighted by molar-refractivity contribution is 6.50. The molecule has 0 radical (unpaired) electrons. The quantitative estimate of drug-likeness (QED) is 0.430. The van der Waals surface area contributed by atoms with Crippen LogP contribution in [0.2, 0.25) is 0 Å². The number of hydrogen-bond donors (Lipinski definition) is 0. The maximum Gasteiger partial charge on any atom is 0.673 e. The Hall–Kier alpha value is -0.335. The first-order valence-electron chi connectivity index (χ1n) is 5.62. The van der Waals surface area contributed by atoms with Gasteiger partial charge in [0.1, 0.15) is 0 Å². The van der Waals surface area contributed by atoms with Gasteiger partial charge in [-0.15, -0.1) is 0 Å². The van der Waals surface area contributed by atoms with Gasteiger partial charge < -0.3 is 26.7 Å². The Bertz CT molecular complexity index is 192. The number of quaternary nitrogens is 1. The smallest absolute Gasteiger partial charge is 0.418 e. The van der Waals surface area contributed by atoms with Crippen LogP contribution in [-0.2, 0) is 9.47 Å². The molecule has 0 aromatic rings. The van der Waals surface area contributed by atoms with E-state index >= 15 is 0 Å². The molecule has 0 N–H and O–H groups in total. The minimum absolute atomic E-state index is 0.806. The lowest BCUT2D eigenvalue weighted by Gasteiger charge is -2.32. The van der Waals surface area contributed by atoms with E-state index in [9.17, 15) is 17.3 Å². The summed E-state index contributed by atoms with van der Waals surface area (Å²) >= 11 is 0. The number of rotatable bonds is 5. The Morgan fingerprint density at radius 3 is 1.88 bits per heavy atom. The van der Waals surface area contributed by atoms with Crippen LogP contribution in [0.25, 0.3) is 0 Å². The van der Waals surface area contributed by atoms with E-state index in [0.29, 0.717) is 0 Å². The minimum atomic E-state index is -6.00. The van der Waals surface area contributed by atoms with Crippen LogP contribution < -0.4 is 0 Å². The molecule has 1 aliphatic rings. The third-order valence-corrected chi connectivity index (χ3v) is 2.49. The van der Waals surface area contributed by atoms with Crippen LogP contribution in [0, 0.1) is 0 Å². The third-order valence-electron chi connectivity index (χ3n) is 2.49. The Morgan fingerprint density at radius 2 is 1.53 bits per heavy atom. The second-order valence-corrected chi connectivity index (χ2v) is 4.03. The van der Waals surface area contributed by atoms with Crippen molar-refractivity contribution in [2.24, 2.45) is 0 Å². The van der Waals surface area contributed by atoms with Crippen LogP contribution >= 0.6 is 0 Å². The number of methoxy groups -OCH3 is 1. The van der Waals surface area contributed by atoms with Crippen LogP contribution in [0.4, 0.5) is 17.3 Å². The highest BCUT2D eigenvalue weighted by atomic mass is 19.5. The SMILES string of the molecule is CCOC[N+]1(COC)CCCC1.F[B-](F)(F)F. The molecule has 104 valence electrons. The summed E-state index contributed by atoms with van der Waals surface area (Å²) in [6.07, 6.45) is 2.63. The van der Waals surface area contributed by atoms with E-state index in [2.05, 4.69) is 0 Å². The standard InChI is InChI=1S/C9H20NO2.BF4/c1-3-12-9-10(8-11-2)6-4-5-7-10;2-1(3,4)5/h3-9H2,1-2H3;/q+1;-1. The van der Waals surface area contributed by atoms with Crippen molar-refractivity contribution in [1.82, 2.24) is 0 Å². The van der Waals surface area contributed by atoms with Crippen LogP contribution in [0.1, 0.15) is 19.8 Å². The lowest BCUT2D eigenvalue weighted by molar-refractivity contribution is -0.951. The highest BCUT2D eigenvalue weighted by Crippen LogP contribution is 2.18. The topological polar surface area (TPSA) is 18.5 Å². The summed E-state index contributed by atoms with van der Waals surface area (Å²) in [6.45, 7) is 6.91. The molecule has 1 heterocycles. The van der Waals surface area contributed by atoms with Gasteiger partial charge in [-0.1, -0.05) is 0 Å². The zero-order chi connectivity index (χ0) is 13.4. The Labute approximate surface area is 99.4 Å². The van der Waals surface area contributed by atoms with Crippen molar-refractivity contribution in [3.05, 3.63) is 0 Å². The molecule has 1 rings (SSSR count). The van der Waals surface area contributed by atoms with Crippen LogP contribution in [0.5, 0.6) is 0 Å². The normalized spacial score (nSPS) is 18.7. The molecule has 0 aromatic heterocycles. The Balaban J connectivity index is 0.000000437. The van der Waals surface area contributed by atoms with Crippen molar-refractivity contribution in [2.45, 2.75) is 19.8 Å². The summed E-state index contributed by atoms with van der Waals surface area (Å²) in [6, 6.07) is 0. The molecule has 0 aliphatic carbocycles. The molecular weight excluding hydrogens is 241 g/mol. The van der Waals surface area contributed by atoms with Crippen LogP contribution in [0.3, 0.4) is 0 Å². The number of nitrogens with zero attached hydrogens (tertiary/aromatic N) is 1. The fraction of sp³-hybridized carbons (Fsp3) is 1.00. The van der Waals surface area contributed by atoms with Gasteiger partial charge in [0, 0.05) is 26.6 Å². The number of ether oxygens (including phenoxy) is 2.